The molecule has 0 fully saturated rings. The largest absolute Gasteiger partial charge is 0.493 e. The molecule has 0 radical (unpaired) electrons. The molecule has 0 aromatic heterocycles. The summed E-state index contributed by atoms with van der Waals surface area (Å²) in [6, 6.07) is 13.6. The van der Waals surface area contributed by atoms with E-state index in [0.717, 1.165) is 27.3 Å². The Hall–Kier alpha value is -1.68. The Bertz CT molecular complexity index is 552. The molecule has 106 valence electrons. The van der Waals surface area contributed by atoms with Gasteiger partial charge in [0.1, 0.15) is 19.0 Å². The van der Waals surface area contributed by atoms with Gasteiger partial charge < -0.3 is 14.2 Å². The van der Waals surface area contributed by atoms with Crippen molar-refractivity contribution in [2.75, 3.05) is 20.3 Å². The average Bonchev–Trinajstić information content (AvgIpc) is 2.46. The quantitative estimate of drug-likeness (QED) is 0.739. The zero-order valence-electron chi connectivity index (χ0n) is 11.6. The van der Waals surface area contributed by atoms with Crippen molar-refractivity contribution in [2.45, 2.75) is 6.92 Å². The van der Waals surface area contributed by atoms with Gasteiger partial charge >= 0.3 is 0 Å². The van der Waals surface area contributed by atoms with Gasteiger partial charge in [-0.1, -0.05) is 22.0 Å². The normalized spacial score (nSPS) is 10.2. The van der Waals surface area contributed by atoms with Gasteiger partial charge in [0.25, 0.3) is 0 Å². The Morgan fingerprint density at radius 3 is 2.30 bits per heavy atom. The van der Waals surface area contributed by atoms with Gasteiger partial charge in [-0.2, -0.15) is 0 Å². The number of aryl methyl sites for hydroxylation is 1. The van der Waals surface area contributed by atoms with Gasteiger partial charge in [0.15, 0.2) is 11.5 Å². The Kier molecular flexibility index (Phi) is 5.30. The van der Waals surface area contributed by atoms with E-state index in [-0.39, 0.29) is 0 Å². The summed E-state index contributed by atoms with van der Waals surface area (Å²) in [7, 11) is 1.64. The molecule has 0 saturated heterocycles. The first-order valence-electron chi connectivity index (χ1n) is 6.35. The molecule has 2 rings (SSSR count). The summed E-state index contributed by atoms with van der Waals surface area (Å²) in [5, 5.41) is 0. The van der Waals surface area contributed by atoms with Crippen molar-refractivity contribution in [3.05, 3.63) is 52.5 Å². The SMILES string of the molecule is COc1cc(C)ccc1OCCOc1ccc(Br)cc1. The van der Waals surface area contributed by atoms with E-state index in [4.69, 9.17) is 14.2 Å². The molecule has 0 aliphatic carbocycles. The Balaban J connectivity index is 1.82. The molecule has 0 spiro atoms. The fourth-order valence-electron chi connectivity index (χ4n) is 1.74. The second kappa shape index (κ2) is 7.20. The number of hydrogen-bond donors (Lipinski definition) is 0. The fourth-order valence-corrected chi connectivity index (χ4v) is 2.00. The summed E-state index contributed by atoms with van der Waals surface area (Å²) in [5.74, 6) is 2.30. The van der Waals surface area contributed by atoms with Crippen LogP contribution in [0.2, 0.25) is 0 Å². The van der Waals surface area contributed by atoms with Crippen LogP contribution in [-0.4, -0.2) is 20.3 Å². The van der Waals surface area contributed by atoms with Gasteiger partial charge in [-0.15, -0.1) is 0 Å². The summed E-state index contributed by atoms with van der Waals surface area (Å²) in [5.41, 5.74) is 1.14. The van der Waals surface area contributed by atoms with E-state index in [1.54, 1.807) is 7.11 Å². The van der Waals surface area contributed by atoms with Gasteiger partial charge in [0.2, 0.25) is 0 Å². The van der Waals surface area contributed by atoms with Crippen molar-refractivity contribution >= 4 is 15.9 Å². The minimum absolute atomic E-state index is 0.468. The van der Waals surface area contributed by atoms with Crippen molar-refractivity contribution in [1.29, 1.82) is 0 Å². The van der Waals surface area contributed by atoms with Crippen molar-refractivity contribution < 1.29 is 14.2 Å². The molecule has 0 aliphatic heterocycles. The van der Waals surface area contributed by atoms with Crippen LogP contribution >= 0.6 is 15.9 Å². The van der Waals surface area contributed by atoms with Gasteiger partial charge in [-0.25, -0.2) is 0 Å². The van der Waals surface area contributed by atoms with Crippen LogP contribution in [0.4, 0.5) is 0 Å². The molecule has 3 nitrogen and oxygen atoms in total. The first kappa shape index (κ1) is 14.7. The summed E-state index contributed by atoms with van der Waals surface area (Å²) in [4.78, 5) is 0. The number of rotatable bonds is 6. The molecule has 20 heavy (non-hydrogen) atoms. The number of benzene rings is 2. The van der Waals surface area contributed by atoms with Crippen LogP contribution in [0.25, 0.3) is 0 Å². The Morgan fingerprint density at radius 1 is 0.900 bits per heavy atom. The number of hydrogen-bond acceptors (Lipinski definition) is 3. The van der Waals surface area contributed by atoms with Crippen LogP contribution in [0.5, 0.6) is 17.2 Å². The van der Waals surface area contributed by atoms with Crippen LogP contribution in [-0.2, 0) is 0 Å². The molecular weight excluding hydrogens is 320 g/mol. The molecule has 2 aromatic carbocycles. The van der Waals surface area contributed by atoms with Gasteiger partial charge in [-0.3, -0.25) is 0 Å². The van der Waals surface area contributed by atoms with E-state index in [1.807, 2.05) is 49.4 Å². The van der Waals surface area contributed by atoms with E-state index in [0.29, 0.717) is 13.2 Å². The minimum Gasteiger partial charge on any atom is -0.493 e. The van der Waals surface area contributed by atoms with Crippen LogP contribution in [0, 0.1) is 6.92 Å². The maximum atomic E-state index is 5.67. The van der Waals surface area contributed by atoms with Crippen molar-refractivity contribution in [1.82, 2.24) is 0 Å². The fraction of sp³-hybridized carbons (Fsp3) is 0.250. The molecule has 0 N–H and O–H groups in total. The van der Waals surface area contributed by atoms with Crippen LogP contribution in [0.1, 0.15) is 5.56 Å². The van der Waals surface area contributed by atoms with Gasteiger partial charge in [-0.05, 0) is 48.9 Å². The first-order valence-corrected chi connectivity index (χ1v) is 7.14. The first-order chi connectivity index (χ1) is 9.69. The van der Waals surface area contributed by atoms with Crippen molar-refractivity contribution in [3.8, 4) is 17.2 Å². The molecule has 0 saturated carbocycles. The number of methoxy groups -OCH3 is 1. The topological polar surface area (TPSA) is 27.7 Å². The van der Waals surface area contributed by atoms with Crippen molar-refractivity contribution in [2.24, 2.45) is 0 Å². The predicted molar refractivity (Wildman–Crippen MR) is 82.9 cm³/mol. The average molecular weight is 337 g/mol. The molecule has 0 heterocycles. The summed E-state index contributed by atoms with van der Waals surface area (Å²) >= 11 is 3.39. The predicted octanol–water partition coefficient (Wildman–Crippen LogP) is 4.22. The smallest absolute Gasteiger partial charge is 0.161 e. The Labute approximate surface area is 127 Å². The standard InChI is InChI=1S/C16H17BrO3/c1-12-3-8-15(16(11-12)18-2)20-10-9-19-14-6-4-13(17)5-7-14/h3-8,11H,9-10H2,1-2H3. The summed E-state index contributed by atoms with van der Waals surface area (Å²) in [6.07, 6.45) is 0. The zero-order valence-corrected chi connectivity index (χ0v) is 13.1. The highest BCUT2D eigenvalue weighted by atomic mass is 79.9. The lowest BCUT2D eigenvalue weighted by molar-refractivity contribution is 0.211. The highest BCUT2D eigenvalue weighted by molar-refractivity contribution is 9.10. The molecular formula is C16H17BrO3. The lowest BCUT2D eigenvalue weighted by atomic mass is 10.2. The van der Waals surface area contributed by atoms with Crippen LogP contribution < -0.4 is 14.2 Å². The van der Waals surface area contributed by atoms with E-state index >= 15 is 0 Å². The molecule has 2 aromatic rings. The number of ether oxygens (including phenoxy) is 3. The molecule has 0 unspecified atom stereocenters. The summed E-state index contributed by atoms with van der Waals surface area (Å²) < 4.78 is 17.6. The third-order valence-electron chi connectivity index (χ3n) is 2.74. The zero-order chi connectivity index (χ0) is 14.4. The van der Waals surface area contributed by atoms with E-state index < -0.39 is 0 Å². The molecule has 0 bridgehead atoms. The second-order valence-electron chi connectivity index (χ2n) is 4.31. The third-order valence-corrected chi connectivity index (χ3v) is 3.27. The lowest BCUT2D eigenvalue weighted by Crippen LogP contribution is -2.09. The van der Waals surface area contributed by atoms with Crippen LogP contribution in [0.3, 0.4) is 0 Å². The van der Waals surface area contributed by atoms with Crippen LogP contribution in [0.15, 0.2) is 46.9 Å². The minimum atomic E-state index is 0.468. The number of halogens is 1. The monoisotopic (exact) mass is 336 g/mol. The molecule has 0 aliphatic rings. The highest BCUT2D eigenvalue weighted by Gasteiger charge is 2.04. The second-order valence-corrected chi connectivity index (χ2v) is 5.22. The van der Waals surface area contributed by atoms with Crippen molar-refractivity contribution in [3.63, 3.8) is 0 Å². The molecule has 0 amide bonds. The maximum absolute atomic E-state index is 5.67. The third kappa shape index (κ3) is 4.17. The van der Waals surface area contributed by atoms with E-state index in [2.05, 4.69) is 15.9 Å². The molecule has 0 atom stereocenters. The molecule has 4 heteroatoms. The van der Waals surface area contributed by atoms with E-state index in [9.17, 15) is 0 Å². The van der Waals surface area contributed by atoms with E-state index in [1.165, 1.54) is 0 Å². The Morgan fingerprint density at radius 2 is 1.60 bits per heavy atom. The summed E-state index contributed by atoms with van der Waals surface area (Å²) in [6.45, 7) is 2.97. The lowest BCUT2D eigenvalue weighted by Gasteiger charge is -2.12. The van der Waals surface area contributed by atoms with Gasteiger partial charge in [0.05, 0.1) is 7.11 Å². The maximum Gasteiger partial charge on any atom is 0.161 e. The highest BCUT2D eigenvalue weighted by Crippen LogP contribution is 2.27. The van der Waals surface area contributed by atoms with Gasteiger partial charge in [0, 0.05) is 4.47 Å².